The molecule has 0 aliphatic carbocycles. The number of anilines is 1. The summed E-state index contributed by atoms with van der Waals surface area (Å²) < 4.78 is 1.86. The summed E-state index contributed by atoms with van der Waals surface area (Å²) in [5, 5.41) is 11.2. The summed E-state index contributed by atoms with van der Waals surface area (Å²) in [6, 6.07) is 0. The molecule has 2 aromatic heterocycles. The van der Waals surface area contributed by atoms with E-state index in [1.54, 1.807) is 12.5 Å². The SMILES string of the molecule is CSCCCCCNc1nccn2cnnc12. The van der Waals surface area contributed by atoms with E-state index in [-0.39, 0.29) is 0 Å². The first-order valence-corrected chi connectivity index (χ1v) is 7.18. The highest BCUT2D eigenvalue weighted by Crippen LogP contribution is 2.10. The minimum atomic E-state index is 0.789. The fraction of sp³-hybridized carbons (Fsp3) is 0.545. The Morgan fingerprint density at radius 2 is 2.29 bits per heavy atom. The van der Waals surface area contributed by atoms with Gasteiger partial charge in [0, 0.05) is 18.9 Å². The van der Waals surface area contributed by atoms with E-state index in [1.807, 2.05) is 22.4 Å². The first-order valence-electron chi connectivity index (χ1n) is 5.79. The van der Waals surface area contributed by atoms with Crippen molar-refractivity contribution >= 4 is 23.2 Å². The largest absolute Gasteiger partial charge is 0.367 e. The Morgan fingerprint density at radius 3 is 3.18 bits per heavy atom. The normalized spacial score (nSPS) is 10.9. The lowest BCUT2D eigenvalue weighted by Crippen LogP contribution is -2.05. The van der Waals surface area contributed by atoms with Crippen molar-refractivity contribution in [1.29, 1.82) is 0 Å². The monoisotopic (exact) mass is 251 g/mol. The van der Waals surface area contributed by atoms with Gasteiger partial charge in [0.15, 0.2) is 5.82 Å². The zero-order chi connectivity index (χ0) is 11.9. The molecule has 0 radical (unpaired) electrons. The van der Waals surface area contributed by atoms with E-state index in [0.717, 1.165) is 24.4 Å². The molecule has 0 bridgehead atoms. The van der Waals surface area contributed by atoms with E-state index < -0.39 is 0 Å². The number of hydrogen-bond donors (Lipinski definition) is 1. The molecule has 2 heterocycles. The summed E-state index contributed by atoms with van der Waals surface area (Å²) >= 11 is 1.90. The molecular weight excluding hydrogens is 234 g/mol. The molecule has 0 aliphatic rings. The Morgan fingerprint density at radius 1 is 1.35 bits per heavy atom. The predicted octanol–water partition coefficient (Wildman–Crippen LogP) is 2.07. The van der Waals surface area contributed by atoms with Crippen LogP contribution < -0.4 is 5.32 Å². The van der Waals surface area contributed by atoms with Gasteiger partial charge in [0.2, 0.25) is 5.65 Å². The first kappa shape index (κ1) is 12.2. The maximum atomic E-state index is 4.27. The summed E-state index contributed by atoms with van der Waals surface area (Å²) in [4.78, 5) is 4.27. The molecule has 0 aliphatic heterocycles. The van der Waals surface area contributed by atoms with Crippen molar-refractivity contribution in [2.75, 3.05) is 23.9 Å². The molecule has 0 spiro atoms. The zero-order valence-electron chi connectivity index (χ0n) is 9.96. The standard InChI is InChI=1S/C11H17N5S/c1-17-8-4-2-3-5-12-10-11-15-14-9-16(11)7-6-13-10/h6-7,9H,2-5,8H2,1H3,(H,12,13). The van der Waals surface area contributed by atoms with Crippen LogP contribution in [0.5, 0.6) is 0 Å². The molecule has 0 atom stereocenters. The molecule has 0 fully saturated rings. The molecule has 6 heteroatoms. The fourth-order valence-electron chi connectivity index (χ4n) is 1.64. The van der Waals surface area contributed by atoms with Crippen LogP contribution in [-0.2, 0) is 0 Å². The maximum absolute atomic E-state index is 4.27. The van der Waals surface area contributed by atoms with E-state index in [9.17, 15) is 0 Å². The van der Waals surface area contributed by atoms with E-state index >= 15 is 0 Å². The van der Waals surface area contributed by atoms with Gasteiger partial charge in [-0.15, -0.1) is 10.2 Å². The van der Waals surface area contributed by atoms with Crippen molar-refractivity contribution in [1.82, 2.24) is 19.6 Å². The van der Waals surface area contributed by atoms with Crippen LogP contribution in [0.3, 0.4) is 0 Å². The zero-order valence-corrected chi connectivity index (χ0v) is 10.8. The first-order chi connectivity index (χ1) is 8.42. The van der Waals surface area contributed by atoms with Crippen LogP contribution in [-0.4, -0.2) is 38.1 Å². The van der Waals surface area contributed by atoms with Gasteiger partial charge in [0.1, 0.15) is 6.33 Å². The lowest BCUT2D eigenvalue weighted by atomic mass is 10.2. The van der Waals surface area contributed by atoms with Crippen molar-refractivity contribution < 1.29 is 0 Å². The number of nitrogens with one attached hydrogen (secondary N) is 1. The van der Waals surface area contributed by atoms with E-state index in [4.69, 9.17) is 0 Å². The van der Waals surface area contributed by atoms with Crippen LogP contribution in [0.2, 0.25) is 0 Å². The second-order valence-electron chi connectivity index (χ2n) is 3.82. The van der Waals surface area contributed by atoms with Crippen LogP contribution in [0.15, 0.2) is 18.7 Å². The lowest BCUT2D eigenvalue weighted by Gasteiger charge is -2.05. The smallest absolute Gasteiger partial charge is 0.203 e. The highest BCUT2D eigenvalue weighted by atomic mass is 32.2. The molecule has 92 valence electrons. The third-order valence-electron chi connectivity index (χ3n) is 2.53. The predicted molar refractivity (Wildman–Crippen MR) is 71.5 cm³/mol. The summed E-state index contributed by atoms with van der Waals surface area (Å²) in [6.45, 7) is 0.938. The van der Waals surface area contributed by atoms with Gasteiger partial charge in [-0.3, -0.25) is 4.40 Å². The molecule has 17 heavy (non-hydrogen) atoms. The molecule has 0 amide bonds. The lowest BCUT2D eigenvalue weighted by molar-refractivity contribution is 0.748. The van der Waals surface area contributed by atoms with Crippen molar-refractivity contribution in [2.45, 2.75) is 19.3 Å². The molecule has 0 unspecified atom stereocenters. The van der Waals surface area contributed by atoms with Crippen LogP contribution in [0, 0.1) is 0 Å². The molecule has 2 aromatic rings. The number of rotatable bonds is 7. The number of unbranched alkanes of at least 4 members (excludes halogenated alkanes) is 2. The minimum absolute atomic E-state index is 0.789. The van der Waals surface area contributed by atoms with E-state index in [2.05, 4.69) is 26.8 Å². The molecule has 0 saturated heterocycles. The van der Waals surface area contributed by atoms with Crippen LogP contribution in [0.1, 0.15) is 19.3 Å². The third kappa shape index (κ3) is 3.33. The van der Waals surface area contributed by atoms with Gasteiger partial charge in [-0.25, -0.2) is 4.98 Å². The maximum Gasteiger partial charge on any atom is 0.203 e. The quantitative estimate of drug-likeness (QED) is 0.763. The highest BCUT2D eigenvalue weighted by Gasteiger charge is 2.02. The Labute approximate surface area is 105 Å². The topological polar surface area (TPSA) is 55.1 Å². The summed E-state index contributed by atoms with van der Waals surface area (Å²) in [6.07, 6.45) is 11.1. The number of aromatic nitrogens is 4. The molecule has 2 rings (SSSR count). The van der Waals surface area contributed by atoms with Gasteiger partial charge >= 0.3 is 0 Å². The van der Waals surface area contributed by atoms with Gasteiger partial charge in [-0.2, -0.15) is 11.8 Å². The second-order valence-corrected chi connectivity index (χ2v) is 4.80. The number of nitrogens with zero attached hydrogens (tertiary/aromatic N) is 4. The summed E-state index contributed by atoms with van der Waals surface area (Å²) in [7, 11) is 0. The van der Waals surface area contributed by atoms with Crippen LogP contribution in [0.25, 0.3) is 5.65 Å². The number of fused-ring (bicyclic) bond motifs is 1. The van der Waals surface area contributed by atoms with Gasteiger partial charge in [0.25, 0.3) is 0 Å². The van der Waals surface area contributed by atoms with E-state index in [0.29, 0.717) is 0 Å². The van der Waals surface area contributed by atoms with Crippen molar-refractivity contribution in [3.63, 3.8) is 0 Å². The Kier molecular flexibility index (Phi) is 4.61. The van der Waals surface area contributed by atoms with Crippen molar-refractivity contribution in [3.05, 3.63) is 18.7 Å². The fourth-order valence-corrected chi connectivity index (χ4v) is 2.13. The average Bonchev–Trinajstić information content (AvgIpc) is 2.82. The Balaban J connectivity index is 1.80. The molecule has 0 saturated carbocycles. The second kappa shape index (κ2) is 6.44. The molecule has 1 N–H and O–H groups in total. The van der Waals surface area contributed by atoms with Gasteiger partial charge in [0.05, 0.1) is 0 Å². The highest BCUT2D eigenvalue weighted by molar-refractivity contribution is 7.98. The number of thioether (sulfide) groups is 1. The molecule has 0 aromatic carbocycles. The van der Waals surface area contributed by atoms with Gasteiger partial charge < -0.3 is 5.32 Å². The third-order valence-corrected chi connectivity index (χ3v) is 3.23. The van der Waals surface area contributed by atoms with E-state index in [1.165, 1.54) is 18.6 Å². The molecule has 5 nitrogen and oxygen atoms in total. The van der Waals surface area contributed by atoms with Gasteiger partial charge in [-0.1, -0.05) is 6.42 Å². The number of hydrogen-bond acceptors (Lipinski definition) is 5. The van der Waals surface area contributed by atoms with Gasteiger partial charge in [-0.05, 0) is 24.9 Å². The van der Waals surface area contributed by atoms with Crippen molar-refractivity contribution in [2.24, 2.45) is 0 Å². The Bertz CT molecular complexity index is 456. The average molecular weight is 251 g/mol. The summed E-state index contributed by atoms with van der Waals surface area (Å²) in [5.74, 6) is 2.06. The minimum Gasteiger partial charge on any atom is -0.367 e. The molecular formula is C11H17N5S. The van der Waals surface area contributed by atoms with Crippen LogP contribution >= 0.6 is 11.8 Å². The van der Waals surface area contributed by atoms with Crippen LogP contribution in [0.4, 0.5) is 5.82 Å². The van der Waals surface area contributed by atoms with Crippen molar-refractivity contribution in [3.8, 4) is 0 Å². The summed E-state index contributed by atoms with van der Waals surface area (Å²) in [5.41, 5.74) is 0.789. The Hall–Kier alpha value is -1.30.